The summed E-state index contributed by atoms with van der Waals surface area (Å²) in [6.45, 7) is 11.8. The van der Waals surface area contributed by atoms with Crippen LogP contribution in [0.25, 0.3) is 0 Å². The van der Waals surface area contributed by atoms with Gasteiger partial charge in [0.25, 0.3) is 0 Å². The smallest absolute Gasteiger partial charge is 0.404 e. The monoisotopic (exact) mass is 524 g/mol. The van der Waals surface area contributed by atoms with E-state index in [-0.39, 0.29) is 0 Å². The standard InChI is InChI=1S/C31H57O4P/c1-6-11-14-15-16-17-18-23-30-24-19-20-25-31(30)35-36(32,33-26-28(9-4)21-12-7-2)34-27-29(10-5)22-13-8-3/h19-20,24-25,28-29H,6-18,21-23,26-27H2,1-5H3. The summed E-state index contributed by atoms with van der Waals surface area (Å²) >= 11 is 0. The van der Waals surface area contributed by atoms with Gasteiger partial charge in [0.05, 0.1) is 13.2 Å². The summed E-state index contributed by atoms with van der Waals surface area (Å²) in [5.74, 6) is 1.39. The van der Waals surface area contributed by atoms with Crippen molar-refractivity contribution in [2.75, 3.05) is 13.2 Å². The zero-order valence-electron chi connectivity index (χ0n) is 24.3. The van der Waals surface area contributed by atoms with Crippen LogP contribution < -0.4 is 4.52 Å². The van der Waals surface area contributed by atoms with Gasteiger partial charge in [-0.3, -0.25) is 9.05 Å². The third-order valence-electron chi connectivity index (χ3n) is 7.26. The van der Waals surface area contributed by atoms with Crippen LogP contribution in [0.4, 0.5) is 0 Å². The third kappa shape index (κ3) is 14.8. The minimum absolute atomic E-state index is 0.371. The Balaban J connectivity index is 2.85. The van der Waals surface area contributed by atoms with Crippen LogP contribution in [0.2, 0.25) is 0 Å². The molecule has 1 aromatic rings. The molecule has 0 fully saturated rings. The molecule has 210 valence electrons. The predicted octanol–water partition coefficient (Wildman–Crippen LogP) is 10.9. The van der Waals surface area contributed by atoms with E-state index < -0.39 is 7.82 Å². The fourth-order valence-corrected chi connectivity index (χ4v) is 5.86. The highest BCUT2D eigenvalue weighted by Gasteiger charge is 2.31. The first-order chi connectivity index (χ1) is 17.5. The zero-order valence-corrected chi connectivity index (χ0v) is 25.2. The maximum atomic E-state index is 13.9. The molecule has 1 rings (SSSR count). The van der Waals surface area contributed by atoms with Crippen LogP contribution in [0.15, 0.2) is 24.3 Å². The summed E-state index contributed by atoms with van der Waals surface area (Å²) in [5.41, 5.74) is 1.09. The van der Waals surface area contributed by atoms with Crippen molar-refractivity contribution in [1.29, 1.82) is 0 Å². The summed E-state index contributed by atoms with van der Waals surface area (Å²) in [5, 5.41) is 0. The molecule has 0 spiro atoms. The van der Waals surface area contributed by atoms with E-state index in [1.54, 1.807) is 0 Å². The Hall–Kier alpha value is -0.830. The van der Waals surface area contributed by atoms with Crippen LogP contribution >= 0.6 is 7.82 Å². The van der Waals surface area contributed by atoms with Gasteiger partial charge in [0.2, 0.25) is 0 Å². The summed E-state index contributed by atoms with van der Waals surface area (Å²) in [6, 6.07) is 7.98. The molecule has 0 aromatic heterocycles. The van der Waals surface area contributed by atoms with Crippen molar-refractivity contribution in [3.63, 3.8) is 0 Å². The van der Waals surface area contributed by atoms with E-state index in [4.69, 9.17) is 13.6 Å². The molecule has 0 N–H and O–H groups in total. The van der Waals surface area contributed by atoms with Crippen LogP contribution in [0.5, 0.6) is 5.75 Å². The zero-order chi connectivity index (χ0) is 26.5. The molecular formula is C31H57O4P. The lowest BCUT2D eigenvalue weighted by Gasteiger charge is -2.24. The Kier molecular flexibility index (Phi) is 19.5. The van der Waals surface area contributed by atoms with E-state index in [1.807, 2.05) is 18.2 Å². The van der Waals surface area contributed by atoms with E-state index >= 15 is 0 Å². The van der Waals surface area contributed by atoms with Gasteiger partial charge in [-0.1, -0.05) is 130 Å². The molecule has 0 amide bonds. The van der Waals surface area contributed by atoms with Gasteiger partial charge in [0.15, 0.2) is 0 Å². The first kappa shape index (κ1) is 33.2. The average Bonchev–Trinajstić information content (AvgIpc) is 2.89. The van der Waals surface area contributed by atoms with Gasteiger partial charge < -0.3 is 4.52 Å². The normalized spacial score (nSPS) is 14.9. The molecule has 0 aliphatic carbocycles. The minimum Gasteiger partial charge on any atom is -0.404 e. The summed E-state index contributed by atoms with van der Waals surface area (Å²) in [4.78, 5) is 0. The summed E-state index contributed by atoms with van der Waals surface area (Å²) in [6.07, 6.45) is 18.6. The Morgan fingerprint density at radius 2 is 1.17 bits per heavy atom. The van der Waals surface area contributed by atoms with Gasteiger partial charge in [0.1, 0.15) is 5.75 Å². The molecule has 0 heterocycles. The number of rotatable bonds is 24. The highest BCUT2D eigenvalue weighted by molar-refractivity contribution is 7.48. The molecule has 2 atom stereocenters. The van der Waals surface area contributed by atoms with Crippen LogP contribution in [-0.2, 0) is 20.0 Å². The number of unbranched alkanes of at least 4 members (excludes halogenated alkanes) is 8. The number of phosphoric acid groups is 1. The average molecular weight is 525 g/mol. The molecule has 2 unspecified atom stereocenters. The molecule has 0 saturated carbocycles. The van der Waals surface area contributed by atoms with Gasteiger partial charge in [-0.15, -0.1) is 0 Å². The fourth-order valence-electron chi connectivity index (χ4n) is 4.47. The minimum atomic E-state index is -3.72. The molecule has 0 bridgehead atoms. The first-order valence-electron chi connectivity index (χ1n) is 15.2. The maximum Gasteiger partial charge on any atom is 0.530 e. The van der Waals surface area contributed by atoms with E-state index in [9.17, 15) is 4.57 Å². The Bertz CT molecular complexity index is 669. The van der Waals surface area contributed by atoms with Gasteiger partial charge in [-0.2, -0.15) is 0 Å². The second-order valence-electron chi connectivity index (χ2n) is 10.4. The van der Waals surface area contributed by atoms with Crippen molar-refractivity contribution in [3.05, 3.63) is 29.8 Å². The Labute approximate surface area is 223 Å². The van der Waals surface area contributed by atoms with Gasteiger partial charge in [-0.25, -0.2) is 4.57 Å². The molecular weight excluding hydrogens is 467 g/mol. The van der Waals surface area contributed by atoms with E-state index in [0.717, 1.165) is 69.8 Å². The second kappa shape index (κ2) is 21.1. The van der Waals surface area contributed by atoms with Crippen molar-refractivity contribution < 1.29 is 18.1 Å². The van der Waals surface area contributed by atoms with Gasteiger partial charge >= 0.3 is 7.82 Å². The molecule has 1 aromatic carbocycles. The molecule has 0 aliphatic heterocycles. The number of phosphoric ester groups is 1. The quantitative estimate of drug-likeness (QED) is 0.0996. The van der Waals surface area contributed by atoms with Crippen molar-refractivity contribution in [3.8, 4) is 5.75 Å². The topological polar surface area (TPSA) is 44.8 Å². The second-order valence-corrected chi connectivity index (χ2v) is 12.0. The first-order valence-corrected chi connectivity index (χ1v) is 16.6. The molecule has 0 saturated heterocycles. The Morgan fingerprint density at radius 1 is 0.667 bits per heavy atom. The SMILES string of the molecule is CCCCCCCCCc1ccccc1OP(=O)(OCC(CC)CCCC)OCC(CC)CCCC. The molecule has 36 heavy (non-hydrogen) atoms. The number of aryl methyl sites for hydroxylation is 1. The lowest BCUT2D eigenvalue weighted by atomic mass is 10.0. The summed E-state index contributed by atoms with van der Waals surface area (Å²) in [7, 11) is -3.72. The number of para-hydroxylation sites is 1. The van der Waals surface area contributed by atoms with E-state index in [2.05, 4.69) is 40.7 Å². The Morgan fingerprint density at radius 3 is 1.69 bits per heavy atom. The molecule has 0 radical (unpaired) electrons. The predicted molar refractivity (Wildman–Crippen MR) is 155 cm³/mol. The number of hydrogen-bond donors (Lipinski definition) is 0. The highest BCUT2D eigenvalue weighted by atomic mass is 31.2. The lowest BCUT2D eigenvalue weighted by Crippen LogP contribution is -2.15. The molecule has 5 heteroatoms. The van der Waals surface area contributed by atoms with E-state index in [1.165, 1.54) is 38.5 Å². The third-order valence-corrected chi connectivity index (χ3v) is 8.61. The van der Waals surface area contributed by atoms with Gasteiger partial charge in [0, 0.05) is 0 Å². The molecule has 4 nitrogen and oxygen atoms in total. The highest BCUT2D eigenvalue weighted by Crippen LogP contribution is 2.51. The van der Waals surface area contributed by atoms with Crippen LogP contribution in [-0.4, -0.2) is 13.2 Å². The maximum absolute atomic E-state index is 13.9. The van der Waals surface area contributed by atoms with E-state index in [0.29, 0.717) is 30.8 Å². The number of benzene rings is 1. The van der Waals surface area contributed by atoms with Crippen molar-refractivity contribution in [2.24, 2.45) is 11.8 Å². The van der Waals surface area contributed by atoms with Crippen molar-refractivity contribution in [2.45, 2.75) is 137 Å². The lowest BCUT2D eigenvalue weighted by molar-refractivity contribution is 0.115. The van der Waals surface area contributed by atoms with Crippen molar-refractivity contribution >= 4 is 7.82 Å². The molecule has 0 aliphatic rings. The fraction of sp³-hybridized carbons (Fsp3) is 0.806. The van der Waals surface area contributed by atoms with Crippen LogP contribution in [0.3, 0.4) is 0 Å². The van der Waals surface area contributed by atoms with Crippen LogP contribution in [0.1, 0.15) is 136 Å². The largest absolute Gasteiger partial charge is 0.530 e. The van der Waals surface area contributed by atoms with Crippen LogP contribution in [0, 0.1) is 11.8 Å². The summed E-state index contributed by atoms with van der Waals surface area (Å²) < 4.78 is 32.1. The van der Waals surface area contributed by atoms with Crippen molar-refractivity contribution in [1.82, 2.24) is 0 Å². The number of hydrogen-bond acceptors (Lipinski definition) is 4. The van der Waals surface area contributed by atoms with Gasteiger partial charge in [-0.05, 0) is 49.1 Å².